The molecular weight excluding hydrogens is 244 g/mol. The van der Waals surface area contributed by atoms with Gasteiger partial charge in [0.25, 0.3) is 5.91 Å². The molecule has 1 aliphatic heterocycles. The van der Waals surface area contributed by atoms with Crippen molar-refractivity contribution in [2.75, 3.05) is 26.3 Å². The molecule has 3 N–H and O–H groups in total. The number of rotatable bonds is 3. The lowest BCUT2D eigenvalue weighted by Gasteiger charge is -2.27. The quantitative estimate of drug-likeness (QED) is 0.467. The Balaban J connectivity index is 0.00000154. The maximum absolute atomic E-state index is 12.0. The van der Waals surface area contributed by atoms with Crippen LogP contribution < -0.4 is 5.73 Å². The molecule has 0 saturated carbocycles. The third kappa shape index (κ3) is 5.34. The maximum Gasteiger partial charge on any atom is 0.253 e. The van der Waals surface area contributed by atoms with Gasteiger partial charge in [-0.3, -0.25) is 4.79 Å². The van der Waals surface area contributed by atoms with E-state index in [-0.39, 0.29) is 22.9 Å². The third-order valence-corrected chi connectivity index (χ3v) is 2.67. The van der Waals surface area contributed by atoms with Gasteiger partial charge >= 0.3 is 0 Å². The van der Waals surface area contributed by atoms with Crippen molar-refractivity contribution in [2.24, 2.45) is 5.73 Å². The fourth-order valence-corrected chi connectivity index (χ4v) is 1.64. The maximum atomic E-state index is 12.0. The number of ether oxygens (including phenoxy) is 1. The summed E-state index contributed by atoms with van der Waals surface area (Å²) in [7, 11) is 0. The first-order valence-electron chi connectivity index (χ1n) is 6.80. The molecular formula is C14H26N2O3. The standard InChI is InChI=1S/C12H20N2O3.C2H6/c1-3-4-10(13)11(15)9(2)12(16)14-5-7-17-8-6-14;1-2/h4,15H,3,5-8,13H2,1-2H3;1-2H3/b10-4+,11-9-;. The second-order valence-electron chi connectivity index (χ2n) is 3.95. The predicted molar refractivity (Wildman–Crippen MR) is 76.6 cm³/mol. The minimum Gasteiger partial charge on any atom is -0.505 e. The van der Waals surface area contributed by atoms with Crippen LogP contribution in [-0.4, -0.2) is 42.2 Å². The molecule has 0 unspecified atom stereocenters. The van der Waals surface area contributed by atoms with Gasteiger partial charge in [-0.15, -0.1) is 0 Å². The van der Waals surface area contributed by atoms with Crippen molar-refractivity contribution in [2.45, 2.75) is 34.1 Å². The second-order valence-corrected chi connectivity index (χ2v) is 3.95. The van der Waals surface area contributed by atoms with Gasteiger partial charge < -0.3 is 20.5 Å². The number of allylic oxidation sites excluding steroid dienone is 1. The molecule has 0 aromatic carbocycles. The van der Waals surface area contributed by atoms with E-state index in [1.54, 1.807) is 17.9 Å². The summed E-state index contributed by atoms with van der Waals surface area (Å²) in [5, 5.41) is 9.83. The van der Waals surface area contributed by atoms with Crippen molar-refractivity contribution >= 4 is 5.91 Å². The average Bonchev–Trinajstić information content (AvgIpc) is 2.48. The van der Waals surface area contributed by atoms with Gasteiger partial charge in [0, 0.05) is 13.1 Å². The molecule has 5 nitrogen and oxygen atoms in total. The van der Waals surface area contributed by atoms with Gasteiger partial charge in [-0.2, -0.15) is 0 Å². The van der Waals surface area contributed by atoms with Crippen molar-refractivity contribution in [1.29, 1.82) is 0 Å². The topological polar surface area (TPSA) is 75.8 Å². The van der Waals surface area contributed by atoms with Crippen molar-refractivity contribution in [3.63, 3.8) is 0 Å². The Morgan fingerprint density at radius 2 is 1.89 bits per heavy atom. The molecule has 1 heterocycles. The molecule has 0 aliphatic carbocycles. The Bertz CT molecular complexity index is 343. The minimum absolute atomic E-state index is 0.122. The zero-order chi connectivity index (χ0) is 14.8. The molecule has 1 amide bonds. The van der Waals surface area contributed by atoms with Gasteiger partial charge in [0.15, 0.2) is 0 Å². The molecule has 0 radical (unpaired) electrons. The minimum atomic E-state index is -0.182. The zero-order valence-electron chi connectivity index (χ0n) is 12.4. The molecule has 0 aromatic heterocycles. The summed E-state index contributed by atoms with van der Waals surface area (Å²) in [6.07, 6.45) is 2.40. The highest BCUT2D eigenvalue weighted by molar-refractivity contribution is 5.94. The summed E-state index contributed by atoms with van der Waals surface area (Å²) in [6.45, 7) is 9.70. The Labute approximate surface area is 115 Å². The highest BCUT2D eigenvalue weighted by Gasteiger charge is 2.21. The van der Waals surface area contributed by atoms with Crippen LogP contribution in [0.4, 0.5) is 0 Å². The first-order chi connectivity index (χ1) is 9.07. The van der Waals surface area contributed by atoms with E-state index in [0.29, 0.717) is 26.3 Å². The average molecular weight is 270 g/mol. The Morgan fingerprint density at radius 1 is 1.37 bits per heavy atom. The van der Waals surface area contributed by atoms with E-state index in [4.69, 9.17) is 10.5 Å². The number of morpholine rings is 1. The molecule has 1 aliphatic rings. The summed E-state index contributed by atoms with van der Waals surface area (Å²) in [5.74, 6) is -0.304. The van der Waals surface area contributed by atoms with Gasteiger partial charge in [-0.1, -0.05) is 26.8 Å². The molecule has 1 fully saturated rings. The van der Waals surface area contributed by atoms with Crippen LogP contribution in [-0.2, 0) is 9.53 Å². The van der Waals surface area contributed by atoms with Crippen molar-refractivity contribution in [1.82, 2.24) is 4.90 Å². The largest absolute Gasteiger partial charge is 0.505 e. The SMILES string of the molecule is CC.CC/C=C(N)\C(O)=C(/C)C(=O)N1CCOCC1. The van der Waals surface area contributed by atoms with E-state index in [1.807, 2.05) is 20.8 Å². The number of carbonyl (C=O) groups excluding carboxylic acids is 1. The molecule has 0 aromatic rings. The number of nitrogens with two attached hydrogens (primary N) is 1. The summed E-state index contributed by atoms with van der Waals surface area (Å²) >= 11 is 0. The van der Waals surface area contributed by atoms with Crippen molar-refractivity contribution < 1.29 is 14.6 Å². The molecule has 0 spiro atoms. The van der Waals surface area contributed by atoms with Crippen LogP contribution in [0.15, 0.2) is 23.1 Å². The number of hydrogen-bond acceptors (Lipinski definition) is 4. The summed E-state index contributed by atoms with van der Waals surface area (Å²) in [5.41, 5.74) is 6.20. The molecule has 0 atom stereocenters. The Hall–Kier alpha value is -1.49. The predicted octanol–water partition coefficient (Wildman–Crippen LogP) is 1.96. The molecule has 0 bridgehead atoms. The van der Waals surface area contributed by atoms with E-state index in [1.165, 1.54) is 0 Å². The number of hydrogen-bond donors (Lipinski definition) is 2. The molecule has 110 valence electrons. The van der Waals surface area contributed by atoms with Crippen LogP contribution in [0.1, 0.15) is 34.1 Å². The second kappa shape index (κ2) is 9.44. The molecule has 5 heteroatoms. The van der Waals surface area contributed by atoms with E-state index in [0.717, 1.165) is 6.42 Å². The zero-order valence-corrected chi connectivity index (χ0v) is 12.4. The first kappa shape index (κ1) is 17.5. The fourth-order valence-electron chi connectivity index (χ4n) is 1.64. The van der Waals surface area contributed by atoms with Crippen molar-refractivity contribution in [3.8, 4) is 0 Å². The summed E-state index contributed by atoms with van der Waals surface area (Å²) < 4.78 is 5.17. The highest BCUT2D eigenvalue weighted by Crippen LogP contribution is 2.12. The summed E-state index contributed by atoms with van der Waals surface area (Å²) in [4.78, 5) is 13.7. The highest BCUT2D eigenvalue weighted by atomic mass is 16.5. The van der Waals surface area contributed by atoms with E-state index >= 15 is 0 Å². The van der Waals surface area contributed by atoms with Gasteiger partial charge in [0.05, 0.1) is 24.5 Å². The summed E-state index contributed by atoms with van der Waals surface area (Å²) in [6, 6.07) is 0. The smallest absolute Gasteiger partial charge is 0.253 e. The van der Waals surface area contributed by atoms with Crippen LogP contribution in [0.3, 0.4) is 0 Å². The number of nitrogens with zero attached hydrogens (tertiary/aromatic N) is 1. The van der Waals surface area contributed by atoms with Gasteiger partial charge in [-0.25, -0.2) is 0 Å². The van der Waals surface area contributed by atoms with Crippen molar-refractivity contribution in [3.05, 3.63) is 23.1 Å². The van der Waals surface area contributed by atoms with E-state index < -0.39 is 0 Å². The Kier molecular flexibility index (Phi) is 8.70. The van der Waals surface area contributed by atoms with E-state index in [2.05, 4.69) is 0 Å². The van der Waals surface area contributed by atoms with Gasteiger partial charge in [0.1, 0.15) is 5.76 Å². The van der Waals surface area contributed by atoms with Crippen LogP contribution in [0.5, 0.6) is 0 Å². The lowest BCUT2D eigenvalue weighted by molar-refractivity contribution is -0.131. The number of aliphatic hydroxyl groups is 1. The van der Waals surface area contributed by atoms with Crippen LogP contribution in [0, 0.1) is 0 Å². The van der Waals surface area contributed by atoms with Crippen LogP contribution in [0.2, 0.25) is 0 Å². The monoisotopic (exact) mass is 270 g/mol. The van der Waals surface area contributed by atoms with E-state index in [9.17, 15) is 9.90 Å². The first-order valence-corrected chi connectivity index (χ1v) is 6.80. The van der Waals surface area contributed by atoms with Crippen LogP contribution in [0.25, 0.3) is 0 Å². The molecule has 1 rings (SSSR count). The molecule has 19 heavy (non-hydrogen) atoms. The lowest BCUT2D eigenvalue weighted by Crippen LogP contribution is -2.41. The van der Waals surface area contributed by atoms with Gasteiger partial charge in [0.2, 0.25) is 0 Å². The Morgan fingerprint density at radius 3 is 2.37 bits per heavy atom. The van der Waals surface area contributed by atoms with Gasteiger partial charge in [-0.05, 0) is 13.3 Å². The fraction of sp³-hybridized carbons (Fsp3) is 0.643. The lowest BCUT2D eigenvalue weighted by atomic mass is 10.1. The van der Waals surface area contributed by atoms with Crippen LogP contribution >= 0.6 is 0 Å². The normalized spacial score (nSPS) is 17.3. The number of aliphatic hydroxyl groups excluding tert-OH is 1. The third-order valence-electron chi connectivity index (χ3n) is 2.67. The number of amides is 1. The molecule has 1 saturated heterocycles. The number of carbonyl (C=O) groups is 1.